The lowest BCUT2D eigenvalue weighted by atomic mass is 10.1. The minimum Gasteiger partial charge on any atom is -0.480 e. The molecule has 208 valence electrons. The second kappa shape index (κ2) is 15.1. The summed E-state index contributed by atoms with van der Waals surface area (Å²) in [6.07, 6.45) is 1.49. The Kier molecular flexibility index (Phi) is 11.0. The lowest BCUT2D eigenvalue weighted by Crippen LogP contribution is -2.45. The molecule has 0 aliphatic rings. The zero-order valence-corrected chi connectivity index (χ0v) is 24.8. The van der Waals surface area contributed by atoms with E-state index in [0.717, 1.165) is 9.13 Å². The van der Waals surface area contributed by atoms with Crippen molar-refractivity contribution in [2.24, 2.45) is 0 Å². The molecule has 0 spiro atoms. The van der Waals surface area contributed by atoms with E-state index in [-0.39, 0.29) is 11.4 Å². The van der Waals surface area contributed by atoms with Gasteiger partial charge in [0.25, 0.3) is 11.8 Å². The smallest absolute Gasteiger partial charge is 0.327 e. The number of para-hydroxylation sites is 1. The fourth-order valence-corrected chi connectivity index (χ4v) is 5.06. The van der Waals surface area contributed by atoms with Gasteiger partial charge in [-0.25, -0.2) is 4.79 Å². The first-order chi connectivity index (χ1) is 19.9. The first kappa shape index (κ1) is 29.9. The first-order valence-electron chi connectivity index (χ1n) is 12.6. The van der Waals surface area contributed by atoms with E-state index >= 15 is 0 Å². The Bertz CT molecular complexity index is 1510. The van der Waals surface area contributed by atoms with Gasteiger partial charge in [-0.1, -0.05) is 60.7 Å². The second-order valence-corrected chi connectivity index (χ2v) is 11.1. The third kappa shape index (κ3) is 9.51. The van der Waals surface area contributed by atoms with Crippen LogP contribution in [0.4, 0.5) is 0 Å². The molecule has 2 amide bonds. The molecular formula is C32H27IN2O5S. The number of hydrogen-bond donors (Lipinski definition) is 3. The van der Waals surface area contributed by atoms with Gasteiger partial charge in [0.15, 0.2) is 0 Å². The summed E-state index contributed by atoms with van der Waals surface area (Å²) in [5, 5.41) is 15.0. The van der Waals surface area contributed by atoms with Crippen molar-refractivity contribution < 1.29 is 24.2 Å². The molecule has 0 heterocycles. The molecule has 0 radical (unpaired) electrons. The van der Waals surface area contributed by atoms with E-state index in [2.05, 4.69) is 33.2 Å². The molecule has 0 aliphatic carbocycles. The maximum Gasteiger partial charge on any atom is 0.327 e. The molecule has 1 atom stereocenters. The Labute approximate surface area is 256 Å². The van der Waals surface area contributed by atoms with Gasteiger partial charge in [-0.2, -0.15) is 11.8 Å². The SMILES string of the molecule is O=C(N[C@@H](CSCc1ccccc1)C(=O)O)/C(=C\c1cccc(Oc2ccccc2)c1)NC(=O)c1ccc(I)cc1. The fraction of sp³-hybridized carbons (Fsp3) is 0.0938. The Morgan fingerprint density at radius 2 is 1.51 bits per heavy atom. The number of carbonyl (C=O) groups excluding carboxylic acids is 2. The topological polar surface area (TPSA) is 105 Å². The Morgan fingerprint density at radius 1 is 0.854 bits per heavy atom. The van der Waals surface area contributed by atoms with Gasteiger partial charge in [-0.15, -0.1) is 0 Å². The summed E-state index contributed by atoms with van der Waals surface area (Å²) in [4.78, 5) is 38.4. The number of nitrogens with one attached hydrogen (secondary N) is 2. The number of benzene rings is 4. The largest absolute Gasteiger partial charge is 0.480 e. The van der Waals surface area contributed by atoms with Crippen LogP contribution < -0.4 is 15.4 Å². The highest BCUT2D eigenvalue weighted by Gasteiger charge is 2.23. The van der Waals surface area contributed by atoms with Crippen LogP contribution in [0.5, 0.6) is 11.5 Å². The molecule has 0 saturated heterocycles. The van der Waals surface area contributed by atoms with Gasteiger partial charge in [0, 0.05) is 20.6 Å². The second-order valence-electron chi connectivity index (χ2n) is 8.87. The number of carboxylic acid groups (broad SMARTS) is 1. The van der Waals surface area contributed by atoms with Crippen molar-refractivity contribution >= 4 is 58.2 Å². The van der Waals surface area contributed by atoms with Crippen molar-refractivity contribution in [3.8, 4) is 11.5 Å². The van der Waals surface area contributed by atoms with Crippen molar-refractivity contribution in [2.75, 3.05) is 5.75 Å². The van der Waals surface area contributed by atoms with E-state index in [0.29, 0.717) is 28.4 Å². The molecule has 41 heavy (non-hydrogen) atoms. The molecule has 0 saturated carbocycles. The van der Waals surface area contributed by atoms with Gasteiger partial charge < -0.3 is 20.5 Å². The molecule has 0 bridgehead atoms. The molecule has 0 aromatic heterocycles. The minimum absolute atomic E-state index is 0.0929. The number of hydrogen-bond acceptors (Lipinski definition) is 5. The van der Waals surface area contributed by atoms with Gasteiger partial charge in [0.2, 0.25) is 0 Å². The van der Waals surface area contributed by atoms with Crippen molar-refractivity contribution in [3.05, 3.63) is 135 Å². The highest BCUT2D eigenvalue weighted by Crippen LogP contribution is 2.23. The third-order valence-corrected chi connectivity index (χ3v) is 7.57. The summed E-state index contributed by atoms with van der Waals surface area (Å²) < 4.78 is 6.86. The van der Waals surface area contributed by atoms with E-state index < -0.39 is 23.8 Å². The molecule has 0 aliphatic heterocycles. The van der Waals surface area contributed by atoms with E-state index in [1.807, 2.05) is 60.7 Å². The highest BCUT2D eigenvalue weighted by atomic mass is 127. The maximum atomic E-state index is 13.4. The van der Waals surface area contributed by atoms with Crippen LogP contribution in [0.15, 0.2) is 115 Å². The van der Waals surface area contributed by atoms with Crippen LogP contribution >= 0.6 is 34.4 Å². The van der Waals surface area contributed by atoms with Gasteiger partial charge in [0.1, 0.15) is 23.2 Å². The van der Waals surface area contributed by atoms with E-state index in [4.69, 9.17) is 4.74 Å². The highest BCUT2D eigenvalue weighted by molar-refractivity contribution is 14.1. The summed E-state index contributed by atoms with van der Waals surface area (Å²) >= 11 is 3.53. The summed E-state index contributed by atoms with van der Waals surface area (Å²) in [7, 11) is 0. The molecule has 7 nitrogen and oxygen atoms in total. The van der Waals surface area contributed by atoms with Crippen molar-refractivity contribution in [1.82, 2.24) is 10.6 Å². The van der Waals surface area contributed by atoms with E-state index in [1.54, 1.807) is 48.5 Å². The number of ether oxygens (including phenoxy) is 1. The number of thioether (sulfide) groups is 1. The minimum atomic E-state index is -1.17. The molecule has 4 aromatic rings. The lowest BCUT2D eigenvalue weighted by Gasteiger charge is -2.17. The zero-order valence-electron chi connectivity index (χ0n) is 21.8. The number of rotatable bonds is 12. The first-order valence-corrected chi connectivity index (χ1v) is 14.9. The number of carboxylic acids is 1. The Balaban J connectivity index is 1.54. The van der Waals surface area contributed by atoms with Gasteiger partial charge in [0.05, 0.1) is 0 Å². The third-order valence-electron chi connectivity index (χ3n) is 5.75. The van der Waals surface area contributed by atoms with E-state index in [1.165, 1.54) is 17.8 Å². The molecule has 3 N–H and O–H groups in total. The average Bonchev–Trinajstić information content (AvgIpc) is 2.97. The van der Waals surface area contributed by atoms with Crippen LogP contribution in [-0.4, -0.2) is 34.7 Å². The summed E-state index contributed by atoms with van der Waals surface area (Å²) in [5.74, 6) is -0.447. The van der Waals surface area contributed by atoms with Gasteiger partial charge >= 0.3 is 5.97 Å². The Morgan fingerprint density at radius 3 is 2.20 bits per heavy atom. The van der Waals surface area contributed by atoms with Crippen LogP contribution in [0, 0.1) is 3.57 Å². The van der Waals surface area contributed by atoms with Crippen LogP contribution in [0.3, 0.4) is 0 Å². The standard InChI is InChI=1S/C32H27IN2O5S/c33-25-16-14-24(15-17-25)30(36)34-28(19-23-10-7-13-27(18-23)40-26-11-5-2-6-12-26)31(37)35-29(32(38)39)21-41-20-22-8-3-1-4-9-22/h1-19,29H,20-21H2,(H,34,36)(H,35,37)(H,38,39)/b28-19+/t29-/m0/s1. The Hall–Kier alpha value is -4.09. The van der Waals surface area contributed by atoms with Crippen LogP contribution in [-0.2, 0) is 15.3 Å². The van der Waals surface area contributed by atoms with Crippen LogP contribution in [0.1, 0.15) is 21.5 Å². The van der Waals surface area contributed by atoms with Gasteiger partial charge in [-0.3, -0.25) is 9.59 Å². The molecule has 4 aromatic carbocycles. The molecule has 0 unspecified atom stereocenters. The maximum absolute atomic E-state index is 13.4. The molecule has 4 rings (SSSR count). The van der Waals surface area contributed by atoms with Crippen LogP contribution in [0.25, 0.3) is 6.08 Å². The normalized spacial score (nSPS) is 11.8. The molecule has 0 fully saturated rings. The van der Waals surface area contributed by atoms with E-state index in [9.17, 15) is 19.5 Å². The van der Waals surface area contributed by atoms with Crippen LogP contribution in [0.2, 0.25) is 0 Å². The lowest BCUT2D eigenvalue weighted by molar-refractivity contribution is -0.140. The van der Waals surface area contributed by atoms with Crippen molar-refractivity contribution in [3.63, 3.8) is 0 Å². The predicted molar refractivity (Wildman–Crippen MR) is 170 cm³/mol. The monoisotopic (exact) mass is 678 g/mol. The fourth-order valence-electron chi connectivity index (χ4n) is 3.69. The zero-order chi connectivity index (χ0) is 29.0. The number of aliphatic carboxylic acids is 1. The number of halogens is 1. The summed E-state index contributed by atoms with van der Waals surface area (Å²) in [6, 6.07) is 31.6. The predicted octanol–water partition coefficient (Wildman–Crippen LogP) is 6.36. The van der Waals surface area contributed by atoms with Gasteiger partial charge in [-0.05, 0) is 88.3 Å². The number of amides is 2. The molecule has 9 heteroatoms. The quantitative estimate of drug-likeness (QED) is 0.119. The number of carbonyl (C=O) groups is 3. The molecular weight excluding hydrogens is 651 g/mol. The summed E-state index contributed by atoms with van der Waals surface area (Å²) in [6.45, 7) is 0. The summed E-state index contributed by atoms with van der Waals surface area (Å²) in [5.41, 5.74) is 1.90. The average molecular weight is 679 g/mol. The van der Waals surface area contributed by atoms with Crippen molar-refractivity contribution in [2.45, 2.75) is 11.8 Å². The van der Waals surface area contributed by atoms with Crippen molar-refractivity contribution in [1.29, 1.82) is 0 Å².